The summed E-state index contributed by atoms with van der Waals surface area (Å²) in [5.74, 6) is -8.08. The van der Waals surface area contributed by atoms with Crippen LogP contribution >= 0.6 is 0 Å². The van der Waals surface area contributed by atoms with Crippen molar-refractivity contribution in [3.05, 3.63) is 35.4 Å². The van der Waals surface area contributed by atoms with E-state index in [2.05, 4.69) is 4.74 Å². The Morgan fingerprint density at radius 2 is 1.55 bits per heavy atom. The van der Waals surface area contributed by atoms with Crippen molar-refractivity contribution in [1.82, 2.24) is 0 Å². The molecule has 0 saturated heterocycles. The van der Waals surface area contributed by atoms with Gasteiger partial charge in [-0.3, -0.25) is 0 Å². The number of hydrogen-bond acceptors (Lipinski definition) is 3. The predicted octanol–water partition coefficient (Wildman–Crippen LogP) is 2.58. The number of halogens is 5. The lowest BCUT2D eigenvalue weighted by Gasteiger charge is -2.12. The Morgan fingerprint density at radius 1 is 1.05 bits per heavy atom. The summed E-state index contributed by atoms with van der Waals surface area (Å²) in [6.07, 6.45) is -4.60. The van der Waals surface area contributed by atoms with Gasteiger partial charge in [-0.15, -0.1) is 0 Å². The second-order valence-electron chi connectivity index (χ2n) is 3.66. The van der Waals surface area contributed by atoms with Gasteiger partial charge in [0.05, 0.1) is 11.1 Å². The summed E-state index contributed by atoms with van der Waals surface area (Å²) >= 11 is 0. The summed E-state index contributed by atoms with van der Waals surface area (Å²) in [5, 5.41) is 8.08. The van der Waals surface area contributed by atoms with E-state index < -0.39 is 41.8 Å². The Bertz CT molecular complexity index is 507. The number of carbonyl (C=O) groups is 2. The van der Waals surface area contributed by atoms with E-state index in [0.29, 0.717) is 12.1 Å². The van der Waals surface area contributed by atoms with Crippen molar-refractivity contribution in [2.75, 3.05) is 6.61 Å². The van der Waals surface area contributed by atoms with Gasteiger partial charge in [0.15, 0.2) is 6.61 Å². The lowest BCUT2D eigenvalue weighted by Crippen LogP contribution is -2.34. The molecule has 0 fully saturated rings. The van der Waals surface area contributed by atoms with E-state index in [1.807, 2.05) is 0 Å². The van der Waals surface area contributed by atoms with Crippen LogP contribution in [0.25, 0.3) is 0 Å². The van der Waals surface area contributed by atoms with Gasteiger partial charge >= 0.3 is 24.0 Å². The van der Waals surface area contributed by atoms with Crippen molar-refractivity contribution in [1.29, 1.82) is 0 Å². The molecule has 9 heteroatoms. The van der Waals surface area contributed by atoms with E-state index in [1.54, 1.807) is 0 Å². The first-order valence-corrected chi connectivity index (χ1v) is 4.99. The highest BCUT2D eigenvalue weighted by Gasteiger charge is 2.40. The molecule has 0 heterocycles. The third-order valence-electron chi connectivity index (χ3n) is 2.15. The Balaban J connectivity index is 2.72. The Labute approximate surface area is 108 Å². The molecule has 0 aliphatic rings. The van der Waals surface area contributed by atoms with Crippen molar-refractivity contribution in [2.45, 2.75) is 12.1 Å². The smallest absolute Gasteiger partial charge is 0.416 e. The highest BCUT2D eigenvalue weighted by atomic mass is 19.4. The first-order valence-electron chi connectivity index (χ1n) is 4.99. The molecule has 0 spiro atoms. The molecular formula is C11H7F5O4. The lowest BCUT2D eigenvalue weighted by atomic mass is 10.1. The summed E-state index contributed by atoms with van der Waals surface area (Å²) in [7, 11) is 0. The molecule has 0 aromatic heterocycles. The number of esters is 1. The highest BCUT2D eigenvalue weighted by Crippen LogP contribution is 2.29. The van der Waals surface area contributed by atoms with Crippen LogP contribution in [0.15, 0.2) is 24.3 Å². The average molecular weight is 298 g/mol. The van der Waals surface area contributed by atoms with Crippen LogP contribution in [0.5, 0.6) is 0 Å². The Kier molecular flexibility index (Phi) is 4.31. The van der Waals surface area contributed by atoms with Crippen LogP contribution < -0.4 is 0 Å². The van der Waals surface area contributed by atoms with Gasteiger partial charge in [-0.1, -0.05) is 0 Å². The largest absolute Gasteiger partial charge is 0.477 e. The third-order valence-corrected chi connectivity index (χ3v) is 2.15. The summed E-state index contributed by atoms with van der Waals surface area (Å²) in [5.41, 5.74) is -1.43. The Morgan fingerprint density at radius 3 is 1.95 bits per heavy atom. The van der Waals surface area contributed by atoms with Crippen molar-refractivity contribution in [3.8, 4) is 0 Å². The molecule has 0 radical (unpaired) electrons. The first-order chi connectivity index (χ1) is 9.04. The number of hydrogen-bond donors (Lipinski definition) is 1. The molecule has 0 bridgehead atoms. The maximum Gasteiger partial charge on any atom is 0.416 e. The first kappa shape index (κ1) is 15.9. The second kappa shape index (κ2) is 5.43. The van der Waals surface area contributed by atoms with Crippen molar-refractivity contribution in [3.63, 3.8) is 0 Å². The van der Waals surface area contributed by atoms with E-state index in [1.165, 1.54) is 0 Å². The van der Waals surface area contributed by atoms with Gasteiger partial charge in [0.2, 0.25) is 0 Å². The summed E-state index contributed by atoms with van der Waals surface area (Å²) in [6.45, 7) is -1.71. The zero-order valence-electron chi connectivity index (χ0n) is 9.58. The fourth-order valence-corrected chi connectivity index (χ4v) is 1.10. The van der Waals surface area contributed by atoms with Gasteiger partial charge in [0.1, 0.15) is 0 Å². The van der Waals surface area contributed by atoms with Gasteiger partial charge in [-0.05, 0) is 24.3 Å². The number of rotatable bonds is 4. The van der Waals surface area contributed by atoms with Crippen LogP contribution in [0.2, 0.25) is 0 Å². The molecular weight excluding hydrogens is 291 g/mol. The van der Waals surface area contributed by atoms with Gasteiger partial charge in [-0.25, -0.2) is 9.59 Å². The van der Waals surface area contributed by atoms with Crippen LogP contribution in [0, 0.1) is 0 Å². The normalized spacial score (nSPS) is 12.1. The van der Waals surface area contributed by atoms with Gasteiger partial charge in [-0.2, -0.15) is 22.0 Å². The average Bonchev–Trinajstić information content (AvgIpc) is 2.35. The van der Waals surface area contributed by atoms with Crippen molar-refractivity contribution >= 4 is 11.9 Å². The van der Waals surface area contributed by atoms with E-state index in [9.17, 15) is 31.5 Å². The monoisotopic (exact) mass is 298 g/mol. The number of carboxylic acid groups (broad SMARTS) is 1. The third kappa shape index (κ3) is 3.90. The zero-order chi connectivity index (χ0) is 15.6. The minimum atomic E-state index is -4.60. The van der Waals surface area contributed by atoms with Gasteiger partial charge < -0.3 is 9.84 Å². The maximum atomic E-state index is 12.6. The number of ether oxygens (including phenoxy) is 1. The minimum Gasteiger partial charge on any atom is -0.477 e. The van der Waals surface area contributed by atoms with Crippen molar-refractivity contribution < 1.29 is 41.4 Å². The fourth-order valence-electron chi connectivity index (χ4n) is 1.10. The van der Waals surface area contributed by atoms with E-state index in [-0.39, 0.29) is 0 Å². The van der Waals surface area contributed by atoms with Crippen LogP contribution in [0.3, 0.4) is 0 Å². The molecule has 1 aromatic carbocycles. The molecule has 1 aromatic rings. The number of alkyl halides is 5. The minimum absolute atomic E-state index is 0.404. The number of aliphatic carboxylic acids is 1. The van der Waals surface area contributed by atoms with Crippen LogP contribution in [0.4, 0.5) is 22.0 Å². The Hall–Kier alpha value is -2.19. The van der Waals surface area contributed by atoms with Crippen LogP contribution in [-0.4, -0.2) is 29.6 Å². The topological polar surface area (TPSA) is 63.6 Å². The zero-order valence-corrected chi connectivity index (χ0v) is 9.58. The van der Waals surface area contributed by atoms with Crippen LogP contribution in [-0.2, 0) is 15.7 Å². The molecule has 1 rings (SSSR count). The van der Waals surface area contributed by atoms with E-state index in [4.69, 9.17) is 5.11 Å². The van der Waals surface area contributed by atoms with Gasteiger partial charge in [0.25, 0.3) is 0 Å². The number of carboxylic acids is 1. The lowest BCUT2D eigenvalue weighted by molar-refractivity contribution is -0.170. The molecule has 20 heavy (non-hydrogen) atoms. The standard InChI is InChI=1S/C11H7F5O4/c12-10(13,9(18)19)5-20-8(17)6-1-3-7(4-2-6)11(14,15)16/h1-4H,5H2,(H,18,19). The predicted molar refractivity (Wildman–Crippen MR) is 54.3 cm³/mol. The molecule has 0 unspecified atom stereocenters. The summed E-state index contributed by atoms with van der Waals surface area (Å²) in [6, 6.07) is 2.63. The molecule has 0 atom stereocenters. The fraction of sp³-hybridized carbons (Fsp3) is 0.273. The SMILES string of the molecule is O=C(OCC(F)(F)C(=O)O)c1ccc(C(F)(F)F)cc1. The second-order valence-corrected chi connectivity index (χ2v) is 3.66. The maximum absolute atomic E-state index is 12.6. The van der Waals surface area contributed by atoms with Gasteiger partial charge in [0, 0.05) is 0 Å². The molecule has 0 saturated carbocycles. The van der Waals surface area contributed by atoms with Crippen molar-refractivity contribution in [2.24, 2.45) is 0 Å². The molecule has 110 valence electrons. The molecule has 0 amide bonds. The highest BCUT2D eigenvalue weighted by molar-refractivity contribution is 5.89. The number of benzene rings is 1. The molecule has 0 aliphatic heterocycles. The molecule has 4 nitrogen and oxygen atoms in total. The van der Waals surface area contributed by atoms with E-state index >= 15 is 0 Å². The molecule has 0 aliphatic carbocycles. The number of carbonyl (C=O) groups excluding carboxylic acids is 1. The quantitative estimate of drug-likeness (QED) is 0.685. The summed E-state index contributed by atoms with van der Waals surface area (Å²) in [4.78, 5) is 21.3. The summed E-state index contributed by atoms with van der Waals surface area (Å²) < 4.78 is 66.0. The molecule has 1 N–H and O–H groups in total. The van der Waals surface area contributed by atoms with E-state index in [0.717, 1.165) is 12.1 Å². The van der Waals surface area contributed by atoms with Crippen LogP contribution in [0.1, 0.15) is 15.9 Å².